The van der Waals surface area contributed by atoms with E-state index in [0.29, 0.717) is 25.1 Å². The number of rotatable bonds is 7. The largest absolute Gasteiger partial charge is 0.352 e. The standard InChI is InChI=1S/C16H21BrN2O2S.ClH/c17-14-3-5-15(6-4-14)22(21)11-1-2-16(20)19-12-13-7-9-18-10-8-13;/h3-7,18H,1-2,8-12H2,(H,19,20);1H. The van der Waals surface area contributed by atoms with E-state index in [1.54, 1.807) is 0 Å². The Kier molecular flexibility index (Phi) is 9.71. The number of nitrogens with one attached hydrogen (secondary N) is 2. The lowest BCUT2D eigenvalue weighted by Crippen LogP contribution is -2.29. The lowest BCUT2D eigenvalue weighted by atomic mass is 10.1. The maximum absolute atomic E-state index is 12.1. The second-order valence-electron chi connectivity index (χ2n) is 5.20. The zero-order valence-electron chi connectivity index (χ0n) is 12.8. The van der Waals surface area contributed by atoms with Crippen molar-refractivity contribution in [3.8, 4) is 0 Å². The molecular weight excluding hydrogens is 400 g/mol. The lowest BCUT2D eigenvalue weighted by Gasteiger charge is -2.14. The van der Waals surface area contributed by atoms with E-state index in [-0.39, 0.29) is 18.3 Å². The van der Waals surface area contributed by atoms with Crippen molar-refractivity contribution in [1.29, 1.82) is 0 Å². The fourth-order valence-corrected chi connectivity index (χ4v) is 3.54. The van der Waals surface area contributed by atoms with E-state index in [0.717, 1.165) is 28.9 Å². The van der Waals surface area contributed by atoms with Gasteiger partial charge in [0.1, 0.15) is 0 Å². The molecule has 23 heavy (non-hydrogen) atoms. The van der Waals surface area contributed by atoms with E-state index in [4.69, 9.17) is 0 Å². The number of hydrogen-bond donors (Lipinski definition) is 2. The van der Waals surface area contributed by atoms with Crippen molar-refractivity contribution in [2.75, 3.05) is 25.4 Å². The van der Waals surface area contributed by atoms with Gasteiger partial charge in [-0.1, -0.05) is 27.6 Å². The topological polar surface area (TPSA) is 58.2 Å². The van der Waals surface area contributed by atoms with Gasteiger partial charge < -0.3 is 10.6 Å². The summed E-state index contributed by atoms with van der Waals surface area (Å²) in [7, 11) is -1.04. The summed E-state index contributed by atoms with van der Waals surface area (Å²) in [6.07, 6.45) is 4.18. The van der Waals surface area contributed by atoms with Crippen LogP contribution in [0.1, 0.15) is 19.3 Å². The predicted molar refractivity (Wildman–Crippen MR) is 100 cm³/mol. The molecule has 0 aliphatic carbocycles. The monoisotopic (exact) mass is 420 g/mol. The van der Waals surface area contributed by atoms with Gasteiger partial charge in [-0.3, -0.25) is 9.00 Å². The van der Waals surface area contributed by atoms with Crippen molar-refractivity contribution >= 4 is 45.0 Å². The van der Waals surface area contributed by atoms with E-state index in [1.165, 1.54) is 5.57 Å². The maximum Gasteiger partial charge on any atom is 0.220 e. The molecule has 7 heteroatoms. The van der Waals surface area contributed by atoms with Gasteiger partial charge in [0, 0.05) is 34.6 Å². The summed E-state index contributed by atoms with van der Waals surface area (Å²) in [6.45, 7) is 2.50. The highest BCUT2D eigenvalue weighted by Gasteiger charge is 2.08. The quantitative estimate of drug-likeness (QED) is 0.666. The van der Waals surface area contributed by atoms with Crippen molar-refractivity contribution in [3.05, 3.63) is 40.4 Å². The van der Waals surface area contributed by atoms with Crippen LogP contribution in [0.5, 0.6) is 0 Å². The van der Waals surface area contributed by atoms with Crippen LogP contribution in [0.4, 0.5) is 0 Å². The Morgan fingerprint density at radius 3 is 2.70 bits per heavy atom. The van der Waals surface area contributed by atoms with Gasteiger partial charge in [-0.25, -0.2) is 0 Å². The first-order valence-electron chi connectivity index (χ1n) is 7.44. The maximum atomic E-state index is 12.1. The van der Waals surface area contributed by atoms with E-state index in [1.807, 2.05) is 24.3 Å². The minimum atomic E-state index is -1.04. The third-order valence-corrected chi connectivity index (χ3v) is 5.47. The van der Waals surface area contributed by atoms with Gasteiger partial charge in [0.15, 0.2) is 0 Å². The number of carbonyl (C=O) groups excluding carboxylic acids is 1. The molecule has 1 amide bonds. The van der Waals surface area contributed by atoms with Crippen LogP contribution < -0.4 is 10.6 Å². The van der Waals surface area contributed by atoms with Gasteiger partial charge in [-0.05, 0) is 43.7 Å². The molecular formula is C16H22BrClN2O2S. The van der Waals surface area contributed by atoms with E-state index < -0.39 is 10.8 Å². The Labute approximate surface area is 154 Å². The van der Waals surface area contributed by atoms with Crippen molar-refractivity contribution in [2.45, 2.75) is 24.2 Å². The summed E-state index contributed by atoms with van der Waals surface area (Å²) in [4.78, 5) is 12.6. The molecule has 1 atom stereocenters. The normalized spacial score (nSPS) is 15.3. The summed E-state index contributed by atoms with van der Waals surface area (Å²) in [5.41, 5.74) is 1.28. The van der Waals surface area contributed by atoms with Crippen LogP contribution in [-0.4, -0.2) is 35.5 Å². The minimum Gasteiger partial charge on any atom is -0.352 e. The fraction of sp³-hybridized carbons (Fsp3) is 0.438. The SMILES string of the molecule is Cl.O=C(CCCS(=O)c1ccc(Br)cc1)NCC1=CCNCC1. The Morgan fingerprint density at radius 2 is 2.04 bits per heavy atom. The van der Waals surface area contributed by atoms with Crippen LogP contribution in [0.25, 0.3) is 0 Å². The number of carbonyl (C=O) groups is 1. The van der Waals surface area contributed by atoms with Crippen LogP contribution in [0.2, 0.25) is 0 Å². The summed E-state index contributed by atoms with van der Waals surface area (Å²) in [6, 6.07) is 7.47. The number of amides is 1. The highest BCUT2D eigenvalue weighted by molar-refractivity contribution is 9.10. The molecule has 1 aromatic carbocycles. The molecule has 4 nitrogen and oxygen atoms in total. The van der Waals surface area contributed by atoms with Gasteiger partial charge in [-0.15, -0.1) is 12.4 Å². The molecule has 1 heterocycles. The molecule has 0 radical (unpaired) electrons. The summed E-state index contributed by atoms with van der Waals surface area (Å²) >= 11 is 3.36. The average Bonchev–Trinajstić information content (AvgIpc) is 2.54. The first-order chi connectivity index (χ1) is 10.6. The van der Waals surface area contributed by atoms with Crippen LogP contribution in [0, 0.1) is 0 Å². The molecule has 0 spiro atoms. The molecule has 0 saturated heterocycles. The van der Waals surface area contributed by atoms with Gasteiger partial charge >= 0.3 is 0 Å². The average molecular weight is 422 g/mol. The summed E-state index contributed by atoms with van der Waals surface area (Å²) < 4.78 is 13.1. The molecule has 0 bridgehead atoms. The second-order valence-corrected chi connectivity index (χ2v) is 7.69. The Hall–Kier alpha value is -0.690. The fourth-order valence-electron chi connectivity index (χ4n) is 2.20. The Morgan fingerprint density at radius 1 is 1.30 bits per heavy atom. The van der Waals surface area contributed by atoms with Gasteiger partial charge in [0.2, 0.25) is 5.91 Å². The smallest absolute Gasteiger partial charge is 0.220 e. The van der Waals surface area contributed by atoms with Crippen LogP contribution in [0.15, 0.2) is 45.3 Å². The molecule has 1 aliphatic rings. The van der Waals surface area contributed by atoms with E-state index in [2.05, 4.69) is 32.6 Å². The molecule has 0 aromatic heterocycles. The van der Waals surface area contributed by atoms with Crippen molar-refractivity contribution in [3.63, 3.8) is 0 Å². The number of halogens is 2. The molecule has 2 N–H and O–H groups in total. The van der Waals surface area contributed by atoms with Gasteiger partial charge in [0.25, 0.3) is 0 Å². The minimum absolute atomic E-state index is 0. The predicted octanol–water partition coefficient (Wildman–Crippen LogP) is 2.79. The van der Waals surface area contributed by atoms with Crippen LogP contribution in [0.3, 0.4) is 0 Å². The lowest BCUT2D eigenvalue weighted by molar-refractivity contribution is -0.120. The first kappa shape index (κ1) is 20.4. The number of benzene rings is 1. The summed E-state index contributed by atoms with van der Waals surface area (Å²) in [5.74, 6) is 0.550. The molecule has 0 saturated carbocycles. The molecule has 2 rings (SSSR count). The summed E-state index contributed by atoms with van der Waals surface area (Å²) in [5, 5.41) is 6.18. The molecule has 128 valence electrons. The van der Waals surface area contributed by atoms with E-state index >= 15 is 0 Å². The van der Waals surface area contributed by atoms with Gasteiger partial charge in [-0.2, -0.15) is 0 Å². The van der Waals surface area contributed by atoms with Crippen LogP contribution in [-0.2, 0) is 15.6 Å². The highest BCUT2D eigenvalue weighted by Crippen LogP contribution is 2.14. The highest BCUT2D eigenvalue weighted by atomic mass is 79.9. The molecule has 1 aromatic rings. The van der Waals surface area contributed by atoms with E-state index in [9.17, 15) is 9.00 Å². The molecule has 1 aliphatic heterocycles. The third-order valence-electron chi connectivity index (χ3n) is 3.48. The molecule has 1 unspecified atom stereocenters. The van der Waals surface area contributed by atoms with Crippen molar-refractivity contribution in [2.24, 2.45) is 0 Å². The first-order valence-corrected chi connectivity index (χ1v) is 9.55. The Balaban J connectivity index is 0.00000264. The zero-order chi connectivity index (χ0) is 15.8. The second kappa shape index (κ2) is 11.0. The Bertz CT molecular complexity index is 564. The van der Waals surface area contributed by atoms with Crippen molar-refractivity contribution < 1.29 is 9.00 Å². The van der Waals surface area contributed by atoms with Gasteiger partial charge in [0.05, 0.1) is 10.8 Å². The van der Waals surface area contributed by atoms with Crippen LogP contribution >= 0.6 is 28.3 Å². The molecule has 0 fully saturated rings. The van der Waals surface area contributed by atoms with Crippen molar-refractivity contribution in [1.82, 2.24) is 10.6 Å². The third kappa shape index (κ3) is 7.61. The number of hydrogen-bond acceptors (Lipinski definition) is 3. The zero-order valence-corrected chi connectivity index (χ0v) is 16.1.